The number of carbonyl (C=O) groups excluding carboxylic acids is 1. The molecule has 0 aromatic heterocycles. The summed E-state index contributed by atoms with van der Waals surface area (Å²) in [5.41, 5.74) is 1.96. The molecule has 140 valence electrons. The van der Waals surface area contributed by atoms with Crippen LogP contribution in [0.25, 0.3) is 10.8 Å². The van der Waals surface area contributed by atoms with Crippen molar-refractivity contribution in [3.8, 4) is 5.75 Å². The molecule has 4 nitrogen and oxygen atoms in total. The number of amides is 1. The lowest BCUT2D eigenvalue weighted by atomic mass is 9.94. The zero-order chi connectivity index (χ0) is 19.7. The molecule has 0 radical (unpaired) electrons. The Balaban J connectivity index is 1.71. The van der Waals surface area contributed by atoms with Crippen LogP contribution in [0.3, 0.4) is 0 Å². The smallest absolute Gasteiger partial charge is 0.216 e. The summed E-state index contributed by atoms with van der Waals surface area (Å²) in [4.78, 5) is 17.9. The number of phenols is 1. The monoisotopic (exact) mass is 374 g/mol. The summed E-state index contributed by atoms with van der Waals surface area (Å²) >= 11 is 0. The van der Waals surface area contributed by atoms with Gasteiger partial charge in [-0.05, 0) is 41.3 Å². The minimum absolute atomic E-state index is 0.0989. The number of rotatable bonds is 4. The number of hydrogen-bond acceptors (Lipinski definition) is 3. The van der Waals surface area contributed by atoms with Gasteiger partial charge >= 0.3 is 0 Å². The summed E-state index contributed by atoms with van der Waals surface area (Å²) in [5, 5.41) is 12.4. The number of hydrogen-bond donors (Lipinski definition) is 1. The number of halogens is 1. The van der Waals surface area contributed by atoms with Crippen molar-refractivity contribution >= 4 is 30.3 Å². The van der Waals surface area contributed by atoms with E-state index in [0.29, 0.717) is 42.9 Å². The Labute approximate surface area is 163 Å². The van der Waals surface area contributed by atoms with E-state index in [9.17, 15) is 14.3 Å². The highest BCUT2D eigenvalue weighted by molar-refractivity contribution is 6.58. The molecule has 1 amide bonds. The van der Waals surface area contributed by atoms with Gasteiger partial charge in [0.2, 0.25) is 7.85 Å². The Hall–Kier alpha value is -3.15. The summed E-state index contributed by atoms with van der Waals surface area (Å²) in [7, 11) is 1.49. The largest absolute Gasteiger partial charge is 0.508 e. The van der Waals surface area contributed by atoms with Gasteiger partial charge in [-0.25, -0.2) is 4.39 Å². The normalized spacial score (nSPS) is 13.8. The molecule has 3 aromatic carbocycles. The van der Waals surface area contributed by atoms with Crippen LogP contribution in [0, 0.1) is 5.82 Å². The molecule has 28 heavy (non-hydrogen) atoms. The van der Waals surface area contributed by atoms with E-state index in [-0.39, 0.29) is 17.4 Å². The topological polar surface area (TPSA) is 52.9 Å². The highest BCUT2D eigenvalue weighted by atomic mass is 19.1. The van der Waals surface area contributed by atoms with Crippen LogP contribution in [0.15, 0.2) is 59.6 Å². The number of carbonyl (C=O) groups is 1. The Kier molecular flexibility index (Phi) is 4.86. The number of benzene rings is 3. The van der Waals surface area contributed by atoms with E-state index in [1.807, 2.05) is 36.4 Å². The molecular formula is C22H20BFN2O2. The first-order valence-corrected chi connectivity index (χ1v) is 9.36. The first-order valence-electron chi connectivity index (χ1n) is 9.36. The van der Waals surface area contributed by atoms with Gasteiger partial charge in [0.25, 0.3) is 0 Å². The van der Waals surface area contributed by atoms with Crippen LogP contribution >= 0.6 is 0 Å². The fraction of sp³-hybridized carbons (Fsp3) is 0.182. The quantitative estimate of drug-likeness (QED) is 0.713. The second-order valence-electron chi connectivity index (χ2n) is 6.93. The third-order valence-corrected chi connectivity index (χ3v) is 5.22. The van der Waals surface area contributed by atoms with Gasteiger partial charge in [0.15, 0.2) is 5.81 Å². The van der Waals surface area contributed by atoms with E-state index in [2.05, 4.69) is 4.99 Å². The van der Waals surface area contributed by atoms with Crippen molar-refractivity contribution in [2.45, 2.75) is 12.8 Å². The molecule has 0 spiro atoms. The lowest BCUT2D eigenvalue weighted by molar-refractivity contribution is 0.245. The Bertz CT molecular complexity index is 1100. The molecule has 1 heterocycles. The average Bonchev–Trinajstić information content (AvgIpc) is 3.18. The maximum absolute atomic E-state index is 14.7. The summed E-state index contributed by atoms with van der Waals surface area (Å²) in [6.45, 7) is 1.04. The van der Waals surface area contributed by atoms with E-state index in [4.69, 9.17) is 0 Å². The summed E-state index contributed by atoms with van der Waals surface area (Å²) in [6, 6.07) is 16.3. The van der Waals surface area contributed by atoms with Crippen LogP contribution in [0.2, 0.25) is 0 Å². The van der Waals surface area contributed by atoms with Crippen molar-refractivity contribution in [2.75, 3.05) is 13.1 Å². The molecule has 0 fully saturated rings. The second-order valence-corrected chi connectivity index (χ2v) is 6.93. The van der Waals surface area contributed by atoms with Gasteiger partial charge in [0.05, 0.1) is 6.54 Å². The van der Waals surface area contributed by atoms with Crippen molar-refractivity contribution < 1.29 is 14.3 Å². The zero-order valence-electron chi connectivity index (χ0n) is 15.7. The van der Waals surface area contributed by atoms with Crippen molar-refractivity contribution in [1.82, 2.24) is 4.90 Å². The van der Waals surface area contributed by atoms with Gasteiger partial charge in [-0.2, -0.15) is 0 Å². The number of phenolic OH excluding ortho intramolecular Hbond substituents is 1. The molecule has 1 aliphatic heterocycles. The van der Waals surface area contributed by atoms with E-state index in [1.54, 1.807) is 17.0 Å². The predicted molar refractivity (Wildman–Crippen MR) is 111 cm³/mol. The van der Waals surface area contributed by atoms with E-state index < -0.39 is 0 Å². The van der Waals surface area contributed by atoms with Gasteiger partial charge in [-0.3, -0.25) is 9.79 Å². The van der Waals surface area contributed by atoms with Crippen LogP contribution in [0.4, 0.5) is 9.18 Å². The molecule has 0 saturated heterocycles. The molecule has 3 aromatic rings. The number of nitrogens with zero attached hydrogens (tertiary/aromatic N) is 2. The van der Waals surface area contributed by atoms with Crippen LogP contribution in [0.5, 0.6) is 5.75 Å². The van der Waals surface area contributed by atoms with Crippen LogP contribution in [0.1, 0.15) is 16.7 Å². The first-order chi connectivity index (χ1) is 13.6. The van der Waals surface area contributed by atoms with Crippen LogP contribution < -0.4 is 0 Å². The number of aromatic hydroxyl groups is 1. The third-order valence-electron chi connectivity index (χ3n) is 5.22. The maximum atomic E-state index is 14.7. The minimum Gasteiger partial charge on any atom is -0.508 e. The van der Waals surface area contributed by atoms with E-state index in [1.165, 1.54) is 13.9 Å². The van der Waals surface area contributed by atoms with Gasteiger partial charge in [-0.15, -0.1) is 0 Å². The molecule has 4 rings (SSSR count). The van der Waals surface area contributed by atoms with Gasteiger partial charge in [0, 0.05) is 17.7 Å². The molecule has 6 heteroatoms. The molecule has 0 bridgehead atoms. The first kappa shape index (κ1) is 18.2. The summed E-state index contributed by atoms with van der Waals surface area (Å²) < 4.78 is 14.7. The van der Waals surface area contributed by atoms with Crippen LogP contribution in [-0.4, -0.2) is 42.6 Å². The van der Waals surface area contributed by atoms with Crippen molar-refractivity contribution in [1.29, 1.82) is 0 Å². The van der Waals surface area contributed by atoms with Crippen molar-refractivity contribution in [3.05, 3.63) is 77.1 Å². The predicted octanol–water partition coefficient (Wildman–Crippen LogP) is 3.29. The Morgan fingerprint density at radius 2 is 1.86 bits per heavy atom. The van der Waals surface area contributed by atoms with Gasteiger partial charge in [-0.1, -0.05) is 42.5 Å². The van der Waals surface area contributed by atoms with E-state index in [0.717, 1.165) is 16.3 Å². The fourth-order valence-electron chi connectivity index (χ4n) is 3.84. The Morgan fingerprint density at radius 1 is 1.07 bits per heavy atom. The standard InChI is InChI=1S/C22H20BFN2O2/c23-22(28)26-13-12-25-21(26)18-6-3-7-19(24)16(18)9-10-17-15-5-2-1-4-14(15)8-11-20(17)27/h1-8,11,27H,9-10,12-13,23H2. The lowest BCUT2D eigenvalue weighted by Gasteiger charge is -2.20. The number of aliphatic imine (C=N–C) groups is 1. The Morgan fingerprint density at radius 3 is 2.68 bits per heavy atom. The SMILES string of the molecule is BC(=O)N1CCN=C1c1cccc(F)c1CCc1c(O)ccc2ccccc12. The highest BCUT2D eigenvalue weighted by Gasteiger charge is 2.25. The summed E-state index contributed by atoms with van der Waals surface area (Å²) in [6.07, 6.45) is 0.878. The average molecular weight is 374 g/mol. The lowest BCUT2D eigenvalue weighted by Crippen LogP contribution is -2.34. The minimum atomic E-state index is -0.324. The van der Waals surface area contributed by atoms with Crippen LogP contribution in [-0.2, 0) is 12.8 Å². The molecule has 1 N–H and O–H groups in total. The number of amidine groups is 1. The van der Waals surface area contributed by atoms with E-state index >= 15 is 0 Å². The zero-order valence-corrected chi connectivity index (χ0v) is 15.7. The maximum Gasteiger partial charge on any atom is 0.216 e. The number of aryl methyl sites for hydroxylation is 1. The number of fused-ring (bicyclic) bond motifs is 1. The molecular weight excluding hydrogens is 354 g/mol. The van der Waals surface area contributed by atoms with Gasteiger partial charge < -0.3 is 10.0 Å². The fourth-order valence-corrected chi connectivity index (χ4v) is 3.84. The molecule has 0 unspecified atom stereocenters. The third kappa shape index (κ3) is 3.26. The molecule has 0 aliphatic carbocycles. The van der Waals surface area contributed by atoms with Crippen molar-refractivity contribution in [3.63, 3.8) is 0 Å². The highest BCUT2D eigenvalue weighted by Crippen LogP contribution is 2.29. The van der Waals surface area contributed by atoms with Crippen molar-refractivity contribution in [2.24, 2.45) is 4.99 Å². The molecule has 0 saturated carbocycles. The summed E-state index contributed by atoms with van der Waals surface area (Å²) in [5.74, 6) is 0.317. The molecule has 1 aliphatic rings. The molecule has 0 atom stereocenters. The second kappa shape index (κ2) is 7.47. The van der Waals surface area contributed by atoms with Gasteiger partial charge in [0.1, 0.15) is 17.4 Å².